The summed E-state index contributed by atoms with van der Waals surface area (Å²) in [5.74, 6) is 0. The highest BCUT2D eigenvalue weighted by molar-refractivity contribution is 6.36. The van der Waals surface area contributed by atoms with E-state index in [1.807, 2.05) is 51.1 Å². The number of hydrogen-bond donors (Lipinski definition) is 2. The van der Waals surface area contributed by atoms with Gasteiger partial charge >= 0.3 is 0 Å². The van der Waals surface area contributed by atoms with Crippen LogP contribution in [0.5, 0.6) is 0 Å². The molecule has 2 N–H and O–H groups in total. The molecule has 0 aliphatic rings. The van der Waals surface area contributed by atoms with Crippen LogP contribution in [0.25, 0.3) is 44.2 Å². The van der Waals surface area contributed by atoms with Crippen LogP contribution in [0.15, 0.2) is 36.7 Å². The Kier molecular flexibility index (Phi) is 3.89. The van der Waals surface area contributed by atoms with E-state index in [1.165, 1.54) is 0 Å². The van der Waals surface area contributed by atoms with Gasteiger partial charge < -0.3 is 5.43 Å². The highest BCUT2D eigenvalue weighted by Gasteiger charge is 2.24. The molecule has 8 heteroatoms. The number of fused-ring (bicyclic) bond motifs is 2. The molecular formula is C21H20ClN7. The molecule has 29 heavy (non-hydrogen) atoms. The molecule has 0 bridgehead atoms. The Morgan fingerprint density at radius 3 is 2.72 bits per heavy atom. The monoisotopic (exact) mass is 405 g/mol. The SMILES string of the molecule is CNn1nc(-c2ccc3cnn(C)c3c2)c(-c2c(Cl)c(C)cc3[nH]ncc23)c1C. The highest BCUT2D eigenvalue weighted by Crippen LogP contribution is 2.43. The van der Waals surface area contributed by atoms with Gasteiger partial charge in [0.15, 0.2) is 0 Å². The van der Waals surface area contributed by atoms with E-state index in [9.17, 15) is 0 Å². The van der Waals surface area contributed by atoms with Crippen LogP contribution < -0.4 is 5.43 Å². The van der Waals surface area contributed by atoms with E-state index >= 15 is 0 Å². The maximum atomic E-state index is 6.84. The lowest BCUT2D eigenvalue weighted by Gasteiger charge is -2.11. The Balaban J connectivity index is 1.87. The number of benzene rings is 2. The lowest BCUT2D eigenvalue weighted by molar-refractivity contribution is 0.758. The van der Waals surface area contributed by atoms with Gasteiger partial charge in [-0.15, -0.1) is 0 Å². The van der Waals surface area contributed by atoms with Gasteiger partial charge in [-0.3, -0.25) is 9.78 Å². The number of nitrogens with one attached hydrogen (secondary N) is 2. The first-order valence-electron chi connectivity index (χ1n) is 9.31. The zero-order valence-corrected chi connectivity index (χ0v) is 17.3. The van der Waals surface area contributed by atoms with Gasteiger partial charge in [-0.25, -0.2) is 0 Å². The van der Waals surface area contributed by atoms with Crippen molar-refractivity contribution in [2.45, 2.75) is 13.8 Å². The van der Waals surface area contributed by atoms with Gasteiger partial charge in [0.05, 0.1) is 34.1 Å². The topological polar surface area (TPSA) is 76.3 Å². The molecule has 0 saturated heterocycles. The average molecular weight is 406 g/mol. The van der Waals surface area contributed by atoms with Gasteiger partial charge in [-0.2, -0.15) is 20.1 Å². The summed E-state index contributed by atoms with van der Waals surface area (Å²) in [6.45, 7) is 4.04. The van der Waals surface area contributed by atoms with Gasteiger partial charge in [0, 0.05) is 41.6 Å². The third kappa shape index (κ3) is 2.54. The van der Waals surface area contributed by atoms with Crippen LogP contribution in [-0.4, -0.2) is 36.9 Å². The quantitative estimate of drug-likeness (QED) is 0.465. The van der Waals surface area contributed by atoms with Gasteiger partial charge in [-0.1, -0.05) is 23.7 Å². The number of aromatic amines is 1. The van der Waals surface area contributed by atoms with Crippen molar-refractivity contribution in [2.24, 2.45) is 7.05 Å². The van der Waals surface area contributed by atoms with Crippen LogP contribution in [0.3, 0.4) is 0 Å². The second kappa shape index (κ2) is 6.35. The molecule has 7 nitrogen and oxygen atoms in total. The zero-order valence-electron chi connectivity index (χ0n) is 16.6. The van der Waals surface area contributed by atoms with Gasteiger partial charge in [0.1, 0.15) is 5.69 Å². The van der Waals surface area contributed by atoms with Gasteiger partial charge in [-0.05, 0) is 31.5 Å². The second-order valence-electron chi connectivity index (χ2n) is 7.20. The fraction of sp³-hybridized carbons (Fsp3) is 0.190. The molecule has 0 aliphatic heterocycles. The number of H-pyrrole nitrogens is 1. The standard InChI is InChI=1S/C21H20ClN7/c1-11-7-16-15(10-24-26-16)19(20(11)22)18-12(2)29(23-3)27-21(18)13-5-6-14-9-25-28(4)17(14)8-13/h5-10,23H,1-4H3,(H,24,26). The van der Waals surface area contributed by atoms with Gasteiger partial charge in [0.25, 0.3) is 0 Å². The van der Waals surface area contributed by atoms with E-state index in [1.54, 1.807) is 4.79 Å². The fourth-order valence-electron chi connectivity index (χ4n) is 3.96. The minimum atomic E-state index is 0.709. The summed E-state index contributed by atoms with van der Waals surface area (Å²) in [4.78, 5) is 1.78. The average Bonchev–Trinajstić information content (AvgIpc) is 3.41. The molecule has 0 amide bonds. The summed E-state index contributed by atoms with van der Waals surface area (Å²) >= 11 is 6.84. The van der Waals surface area contributed by atoms with Crippen molar-refractivity contribution in [3.63, 3.8) is 0 Å². The van der Waals surface area contributed by atoms with E-state index in [4.69, 9.17) is 16.7 Å². The number of aromatic nitrogens is 6. The van der Waals surface area contributed by atoms with Crippen molar-refractivity contribution in [1.82, 2.24) is 29.9 Å². The van der Waals surface area contributed by atoms with Crippen LogP contribution in [-0.2, 0) is 7.05 Å². The predicted octanol–water partition coefficient (Wildman–Crippen LogP) is 4.42. The maximum absolute atomic E-state index is 6.84. The molecule has 0 spiro atoms. The van der Waals surface area contributed by atoms with E-state index in [-0.39, 0.29) is 0 Å². The summed E-state index contributed by atoms with van der Waals surface area (Å²) < 4.78 is 1.87. The number of aryl methyl sites for hydroxylation is 2. The predicted molar refractivity (Wildman–Crippen MR) is 117 cm³/mol. The molecule has 146 valence electrons. The number of rotatable bonds is 3. The molecule has 3 heterocycles. The molecule has 0 unspecified atom stereocenters. The molecule has 5 rings (SSSR count). The van der Waals surface area contributed by atoms with E-state index in [0.717, 1.165) is 55.4 Å². The number of halogens is 1. The molecule has 0 aliphatic carbocycles. The molecule has 2 aromatic carbocycles. The van der Waals surface area contributed by atoms with E-state index in [0.29, 0.717) is 5.02 Å². The van der Waals surface area contributed by atoms with E-state index < -0.39 is 0 Å². The molecule has 5 aromatic rings. The first-order valence-corrected chi connectivity index (χ1v) is 9.69. The molecule has 0 fully saturated rings. The fourth-order valence-corrected chi connectivity index (χ4v) is 4.21. The summed E-state index contributed by atoms with van der Waals surface area (Å²) in [6.07, 6.45) is 3.68. The summed E-state index contributed by atoms with van der Waals surface area (Å²) in [5, 5.41) is 19.3. The van der Waals surface area contributed by atoms with Crippen molar-refractivity contribution in [3.05, 3.63) is 52.9 Å². The molecule has 0 saturated carbocycles. The van der Waals surface area contributed by atoms with E-state index in [2.05, 4.69) is 38.9 Å². The Morgan fingerprint density at radius 2 is 1.93 bits per heavy atom. The molecule has 3 aromatic heterocycles. The Bertz CT molecular complexity index is 1390. The highest BCUT2D eigenvalue weighted by atomic mass is 35.5. The lowest BCUT2D eigenvalue weighted by atomic mass is 9.94. The number of hydrogen-bond acceptors (Lipinski definition) is 4. The Labute approximate surface area is 172 Å². The van der Waals surface area contributed by atoms with Crippen molar-refractivity contribution >= 4 is 33.4 Å². The van der Waals surface area contributed by atoms with Crippen molar-refractivity contribution in [2.75, 3.05) is 12.5 Å². The maximum Gasteiger partial charge on any atom is 0.103 e. The van der Waals surface area contributed by atoms with Crippen molar-refractivity contribution < 1.29 is 0 Å². The van der Waals surface area contributed by atoms with Gasteiger partial charge in [0.2, 0.25) is 0 Å². The van der Waals surface area contributed by atoms with Crippen LogP contribution in [0.4, 0.5) is 0 Å². The lowest BCUT2D eigenvalue weighted by Crippen LogP contribution is -2.12. The first-order chi connectivity index (χ1) is 14.0. The van der Waals surface area contributed by atoms with Crippen LogP contribution in [0.2, 0.25) is 5.02 Å². The molecular weight excluding hydrogens is 386 g/mol. The smallest absolute Gasteiger partial charge is 0.103 e. The number of nitrogens with zero attached hydrogens (tertiary/aromatic N) is 5. The van der Waals surface area contributed by atoms with Crippen LogP contribution in [0.1, 0.15) is 11.3 Å². The second-order valence-corrected chi connectivity index (χ2v) is 7.58. The minimum Gasteiger partial charge on any atom is -0.313 e. The summed E-state index contributed by atoms with van der Waals surface area (Å²) in [5.41, 5.74) is 10.9. The van der Waals surface area contributed by atoms with Crippen molar-refractivity contribution in [3.8, 4) is 22.4 Å². The summed E-state index contributed by atoms with van der Waals surface area (Å²) in [6, 6.07) is 8.28. The van der Waals surface area contributed by atoms with Crippen molar-refractivity contribution in [1.29, 1.82) is 0 Å². The van der Waals surface area contributed by atoms with Crippen LogP contribution in [0, 0.1) is 13.8 Å². The third-order valence-electron chi connectivity index (χ3n) is 5.47. The molecule has 0 atom stereocenters. The minimum absolute atomic E-state index is 0.709. The molecule has 0 radical (unpaired) electrons. The first kappa shape index (κ1) is 17.8. The normalized spacial score (nSPS) is 11.6. The Morgan fingerprint density at radius 1 is 1.10 bits per heavy atom. The Hall–Kier alpha value is -3.32. The third-order valence-corrected chi connectivity index (χ3v) is 5.95. The van der Waals surface area contributed by atoms with Crippen LogP contribution >= 0.6 is 11.6 Å². The largest absolute Gasteiger partial charge is 0.313 e. The summed E-state index contributed by atoms with van der Waals surface area (Å²) in [7, 11) is 3.79. The zero-order chi connectivity index (χ0) is 20.3.